The van der Waals surface area contributed by atoms with E-state index in [-0.39, 0.29) is 6.04 Å². The lowest BCUT2D eigenvalue weighted by molar-refractivity contribution is 0.538. The van der Waals surface area contributed by atoms with Crippen molar-refractivity contribution >= 4 is 0 Å². The van der Waals surface area contributed by atoms with Gasteiger partial charge < -0.3 is 5.32 Å². The van der Waals surface area contributed by atoms with Crippen molar-refractivity contribution in [2.75, 3.05) is 7.05 Å². The van der Waals surface area contributed by atoms with Gasteiger partial charge in [-0.3, -0.25) is 4.68 Å². The first-order chi connectivity index (χ1) is 9.43. The number of hydrogen-bond acceptors (Lipinski definition) is 2. The van der Waals surface area contributed by atoms with Crippen molar-refractivity contribution in [3.8, 4) is 0 Å². The molecule has 1 aromatic carbocycles. The zero-order valence-electron chi connectivity index (χ0n) is 12.2. The summed E-state index contributed by atoms with van der Waals surface area (Å²) < 4.78 is 28.5. The molecule has 1 aromatic heterocycles. The van der Waals surface area contributed by atoms with Crippen LogP contribution in [0.2, 0.25) is 0 Å². The molecule has 0 radical (unpaired) electrons. The van der Waals surface area contributed by atoms with Crippen molar-refractivity contribution in [3.63, 3.8) is 0 Å². The topological polar surface area (TPSA) is 29.9 Å². The predicted molar refractivity (Wildman–Crippen MR) is 74.5 cm³/mol. The van der Waals surface area contributed by atoms with Gasteiger partial charge >= 0.3 is 0 Å². The molecule has 0 aliphatic heterocycles. The summed E-state index contributed by atoms with van der Waals surface area (Å²) in [6.45, 7) is 3.92. The van der Waals surface area contributed by atoms with Crippen LogP contribution in [0.25, 0.3) is 0 Å². The molecule has 20 heavy (non-hydrogen) atoms. The SMILES string of the molecule is CNC(Cc1ccc(F)cc1F)c1c(C)nn(C)c1C. The van der Waals surface area contributed by atoms with Gasteiger partial charge in [-0.05, 0) is 38.9 Å². The van der Waals surface area contributed by atoms with Crippen molar-refractivity contribution in [2.45, 2.75) is 26.3 Å². The Hall–Kier alpha value is -1.75. The number of aromatic nitrogens is 2. The Labute approximate surface area is 117 Å². The summed E-state index contributed by atoms with van der Waals surface area (Å²) in [5, 5.41) is 7.57. The van der Waals surface area contributed by atoms with Gasteiger partial charge in [0.15, 0.2) is 0 Å². The van der Waals surface area contributed by atoms with Gasteiger partial charge in [0.05, 0.1) is 5.69 Å². The number of aryl methyl sites for hydroxylation is 2. The van der Waals surface area contributed by atoms with Crippen molar-refractivity contribution < 1.29 is 8.78 Å². The average Bonchev–Trinajstić information content (AvgIpc) is 2.63. The zero-order valence-corrected chi connectivity index (χ0v) is 12.2. The summed E-state index contributed by atoms with van der Waals surface area (Å²) in [7, 11) is 3.72. The van der Waals surface area contributed by atoms with Crippen LogP contribution < -0.4 is 5.32 Å². The molecule has 0 saturated carbocycles. The predicted octanol–water partition coefficient (Wildman–Crippen LogP) is 2.82. The summed E-state index contributed by atoms with van der Waals surface area (Å²) >= 11 is 0. The fourth-order valence-corrected chi connectivity index (χ4v) is 2.55. The monoisotopic (exact) mass is 279 g/mol. The fourth-order valence-electron chi connectivity index (χ4n) is 2.55. The molecule has 2 aromatic rings. The molecule has 1 N–H and O–H groups in total. The van der Waals surface area contributed by atoms with Crippen LogP contribution in [-0.4, -0.2) is 16.8 Å². The van der Waals surface area contributed by atoms with E-state index in [2.05, 4.69) is 10.4 Å². The Bertz CT molecular complexity index is 620. The number of halogens is 2. The quantitative estimate of drug-likeness (QED) is 0.932. The third-order valence-corrected chi connectivity index (χ3v) is 3.70. The van der Waals surface area contributed by atoms with Crippen LogP contribution in [-0.2, 0) is 13.5 Å². The van der Waals surface area contributed by atoms with Gasteiger partial charge in [0.2, 0.25) is 0 Å². The summed E-state index contributed by atoms with van der Waals surface area (Å²) in [6, 6.07) is 3.65. The maximum atomic E-state index is 13.8. The molecule has 108 valence electrons. The molecular weight excluding hydrogens is 260 g/mol. The highest BCUT2D eigenvalue weighted by atomic mass is 19.1. The summed E-state index contributed by atoms with van der Waals surface area (Å²) in [6.07, 6.45) is 0.454. The van der Waals surface area contributed by atoms with E-state index in [1.54, 1.807) is 0 Å². The molecule has 0 fully saturated rings. The van der Waals surface area contributed by atoms with Gasteiger partial charge in [0, 0.05) is 30.4 Å². The minimum Gasteiger partial charge on any atom is -0.313 e. The van der Waals surface area contributed by atoms with Crippen LogP contribution in [0.15, 0.2) is 18.2 Å². The maximum absolute atomic E-state index is 13.8. The minimum absolute atomic E-state index is 0.0522. The van der Waals surface area contributed by atoms with Gasteiger partial charge in [0.1, 0.15) is 11.6 Å². The molecule has 1 heterocycles. The second-order valence-corrected chi connectivity index (χ2v) is 4.99. The molecule has 1 atom stereocenters. The highest BCUT2D eigenvalue weighted by Gasteiger charge is 2.20. The fraction of sp³-hybridized carbons (Fsp3) is 0.400. The lowest BCUT2D eigenvalue weighted by Gasteiger charge is -2.17. The number of likely N-dealkylation sites (N-methyl/N-ethyl adjacent to an activating group) is 1. The summed E-state index contributed by atoms with van der Waals surface area (Å²) in [4.78, 5) is 0. The van der Waals surface area contributed by atoms with Crippen LogP contribution in [0.1, 0.15) is 28.6 Å². The molecule has 0 bridgehead atoms. The molecule has 0 amide bonds. The van der Waals surface area contributed by atoms with Gasteiger partial charge in [0.25, 0.3) is 0 Å². The summed E-state index contributed by atoms with van der Waals surface area (Å²) in [5.74, 6) is -1.06. The normalized spacial score (nSPS) is 12.7. The number of hydrogen-bond donors (Lipinski definition) is 1. The second-order valence-electron chi connectivity index (χ2n) is 4.99. The highest BCUT2D eigenvalue weighted by molar-refractivity contribution is 5.31. The zero-order chi connectivity index (χ0) is 14.9. The molecule has 0 spiro atoms. The first-order valence-electron chi connectivity index (χ1n) is 6.55. The number of benzene rings is 1. The standard InChI is InChI=1S/C15H19F2N3/c1-9-15(10(2)20(4)19-9)14(18-3)7-11-5-6-12(16)8-13(11)17/h5-6,8,14,18H,7H2,1-4H3. The highest BCUT2D eigenvalue weighted by Crippen LogP contribution is 2.25. The van der Waals surface area contributed by atoms with E-state index in [4.69, 9.17) is 0 Å². The first-order valence-corrected chi connectivity index (χ1v) is 6.55. The van der Waals surface area contributed by atoms with E-state index in [9.17, 15) is 8.78 Å². The van der Waals surface area contributed by atoms with Crippen LogP contribution in [0.3, 0.4) is 0 Å². The van der Waals surface area contributed by atoms with E-state index >= 15 is 0 Å². The second kappa shape index (κ2) is 5.71. The first kappa shape index (κ1) is 14.7. The van der Waals surface area contributed by atoms with Crippen molar-refractivity contribution in [2.24, 2.45) is 7.05 Å². The molecule has 5 heteroatoms. The van der Waals surface area contributed by atoms with E-state index in [1.807, 2.05) is 32.6 Å². The van der Waals surface area contributed by atoms with Gasteiger partial charge in [-0.25, -0.2) is 8.78 Å². The van der Waals surface area contributed by atoms with E-state index < -0.39 is 11.6 Å². The molecule has 0 saturated heterocycles. The lowest BCUT2D eigenvalue weighted by Crippen LogP contribution is -2.21. The average molecular weight is 279 g/mol. The molecular formula is C15H19F2N3. The van der Waals surface area contributed by atoms with Crippen LogP contribution in [0.5, 0.6) is 0 Å². The minimum atomic E-state index is -0.555. The third-order valence-electron chi connectivity index (χ3n) is 3.70. The Morgan fingerprint density at radius 3 is 2.50 bits per heavy atom. The Balaban J connectivity index is 2.33. The maximum Gasteiger partial charge on any atom is 0.129 e. The van der Waals surface area contributed by atoms with E-state index in [0.717, 1.165) is 23.0 Å². The molecule has 3 nitrogen and oxygen atoms in total. The lowest BCUT2D eigenvalue weighted by atomic mass is 9.97. The van der Waals surface area contributed by atoms with Crippen LogP contribution in [0, 0.1) is 25.5 Å². The largest absolute Gasteiger partial charge is 0.313 e. The van der Waals surface area contributed by atoms with Crippen LogP contribution >= 0.6 is 0 Å². The third kappa shape index (κ3) is 2.72. The number of rotatable bonds is 4. The van der Waals surface area contributed by atoms with Crippen molar-refractivity contribution in [1.29, 1.82) is 0 Å². The molecule has 2 rings (SSSR count). The van der Waals surface area contributed by atoms with E-state index in [0.29, 0.717) is 12.0 Å². The Kier molecular flexibility index (Phi) is 4.18. The smallest absolute Gasteiger partial charge is 0.129 e. The summed E-state index contributed by atoms with van der Waals surface area (Å²) in [5.41, 5.74) is 3.53. The molecule has 1 unspecified atom stereocenters. The van der Waals surface area contributed by atoms with Gasteiger partial charge in [-0.1, -0.05) is 6.07 Å². The van der Waals surface area contributed by atoms with Crippen molar-refractivity contribution in [3.05, 3.63) is 52.3 Å². The number of nitrogens with one attached hydrogen (secondary N) is 1. The molecule has 0 aliphatic rings. The van der Waals surface area contributed by atoms with Crippen LogP contribution in [0.4, 0.5) is 8.78 Å². The van der Waals surface area contributed by atoms with Crippen molar-refractivity contribution in [1.82, 2.24) is 15.1 Å². The van der Waals surface area contributed by atoms with Gasteiger partial charge in [-0.15, -0.1) is 0 Å². The molecule has 0 aliphatic carbocycles. The number of nitrogens with zero attached hydrogens (tertiary/aromatic N) is 2. The van der Waals surface area contributed by atoms with E-state index in [1.165, 1.54) is 12.1 Å². The Morgan fingerprint density at radius 1 is 1.30 bits per heavy atom. The van der Waals surface area contributed by atoms with Gasteiger partial charge in [-0.2, -0.15) is 5.10 Å². The Morgan fingerprint density at radius 2 is 2.00 bits per heavy atom.